The van der Waals surface area contributed by atoms with Gasteiger partial charge in [-0.2, -0.15) is 5.10 Å². The third-order valence-electron chi connectivity index (χ3n) is 4.52. The Bertz CT molecular complexity index is 637. The molecular weight excluding hydrogens is 302 g/mol. The highest BCUT2D eigenvalue weighted by atomic mass is 16.2. The van der Waals surface area contributed by atoms with Crippen molar-refractivity contribution in [2.75, 3.05) is 5.32 Å². The number of anilines is 1. The molecule has 130 valence electrons. The van der Waals surface area contributed by atoms with Gasteiger partial charge in [0, 0.05) is 24.2 Å². The third-order valence-corrected chi connectivity index (χ3v) is 4.52. The lowest BCUT2D eigenvalue weighted by molar-refractivity contribution is -0.124. The second kappa shape index (κ2) is 8.62. The molecule has 0 aliphatic heterocycles. The maximum absolute atomic E-state index is 12.0. The number of aryl methyl sites for hydroxylation is 2. The van der Waals surface area contributed by atoms with E-state index in [0.29, 0.717) is 5.92 Å². The molecule has 0 radical (unpaired) electrons. The van der Waals surface area contributed by atoms with Crippen LogP contribution < -0.4 is 10.7 Å². The van der Waals surface area contributed by atoms with Crippen LogP contribution in [0.25, 0.3) is 0 Å². The smallest absolute Gasteiger partial charge is 0.240 e. The highest BCUT2D eigenvalue weighted by molar-refractivity contribution is 5.94. The summed E-state index contributed by atoms with van der Waals surface area (Å²) >= 11 is 0. The number of carbonyl (C=O) groups is 2. The molecule has 5 nitrogen and oxygen atoms in total. The van der Waals surface area contributed by atoms with Gasteiger partial charge in [-0.1, -0.05) is 19.1 Å². The summed E-state index contributed by atoms with van der Waals surface area (Å²) in [4.78, 5) is 23.9. The number of rotatable bonds is 6. The number of hydrogen-bond acceptors (Lipinski definition) is 3. The van der Waals surface area contributed by atoms with Gasteiger partial charge in [-0.15, -0.1) is 0 Å². The maximum atomic E-state index is 12.0. The van der Waals surface area contributed by atoms with E-state index in [9.17, 15) is 9.59 Å². The van der Waals surface area contributed by atoms with Crippen LogP contribution in [-0.2, 0) is 9.59 Å². The zero-order chi connectivity index (χ0) is 17.5. The first kappa shape index (κ1) is 18.2. The zero-order valence-corrected chi connectivity index (χ0v) is 14.8. The van der Waals surface area contributed by atoms with Crippen LogP contribution in [-0.4, -0.2) is 17.5 Å². The Balaban J connectivity index is 1.78. The molecule has 0 heterocycles. The lowest BCUT2D eigenvalue weighted by Gasteiger charge is -2.09. The fraction of sp³-hybridized carbons (Fsp3) is 0.526. The molecule has 2 N–H and O–H groups in total. The lowest BCUT2D eigenvalue weighted by Crippen LogP contribution is -2.23. The van der Waals surface area contributed by atoms with Crippen LogP contribution in [0.1, 0.15) is 56.6 Å². The standard InChI is InChI=1S/C19H27N3O2/c1-4-15-6-5-7-16(15)21-22-19(24)11-10-18(23)20-17-12-13(2)8-9-14(17)3/h8-9,12,15H,4-7,10-11H2,1-3H3,(H,20,23)(H,22,24). The Kier molecular flexibility index (Phi) is 6.53. The number of hydrazone groups is 1. The van der Waals surface area contributed by atoms with Gasteiger partial charge in [0.1, 0.15) is 0 Å². The molecule has 0 spiro atoms. The summed E-state index contributed by atoms with van der Waals surface area (Å²) in [5.74, 6) is 0.136. The molecule has 2 rings (SSSR count). The molecule has 0 saturated heterocycles. The average Bonchev–Trinajstić information content (AvgIpc) is 3.02. The normalized spacial score (nSPS) is 18.6. The molecule has 1 saturated carbocycles. The highest BCUT2D eigenvalue weighted by Crippen LogP contribution is 2.24. The minimum absolute atomic E-state index is 0.143. The maximum Gasteiger partial charge on any atom is 0.240 e. The summed E-state index contributed by atoms with van der Waals surface area (Å²) in [6.07, 6.45) is 4.62. The Morgan fingerprint density at radius 3 is 2.71 bits per heavy atom. The van der Waals surface area contributed by atoms with Gasteiger partial charge in [0.25, 0.3) is 0 Å². The molecule has 1 unspecified atom stereocenters. The van der Waals surface area contributed by atoms with Gasteiger partial charge >= 0.3 is 0 Å². The minimum Gasteiger partial charge on any atom is -0.326 e. The Morgan fingerprint density at radius 2 is 1.96 bits per heavy atom. The van der Waals surface area contributed by atoms with E-state index < -0.39 is 0 Å². The molecule has 1 aromatic carbocycles. The van der Waals surface area contributed by atoms with E-state index in [4.69, 9.17) is 0 Å². The Morgan fingerprint density at radius 1 is 1.21 bits per heavy atom. The van der Waals surface area contributed by atoms with E-state index in [1.54, 1.807) is 0 Å². The van der Waals surface area contributed by atoms with Crippen LogP contribution in [0.5, 0.6) is 0 Å². The summed E-state index contributed by atoms with van der Waals surface area (Å²) in [6.45, 7) is 6.07. The first-order valence-electron chi connectivity index (χ1n) is 8.72. The Hall–Kier alpha value is -2.17. The van der Waals surface area contributed by atoms with Gasteiger partial charge in [-0.05, 0) is 62.6 Å². The van der Waals surface area contributed by atoms with Crippen molar-refractivity contribution in [2.45, 2.75) is 59.3 Å². The van der Waals surface area contributed by atoms with Crippen molar-refractivity contribution in [3.05, 3.63) is 29.3 Å². The predicted molar refractivity (Wildman–Crippen MR) is 97.0 cm³/mol. The number of nitrogens with one attached hydrogen (secondary N) is 2. The van der Waals surface area contributed by atoms with Crippen LogP contribution in [0.15, 0.2) is 23.3 Å². The first-order chi connectivity index (χ1) is 11.5. The fourth-order valence-electron chi connectivity index (χ4n) is 2.99. The van der Waals surface area contributed by atoms with Crippen LogP contribution in [0, 0.1) is 19.8 Å². The molecule has 0 bridgehead atoms. The van der Waals surface area contributed by atoms with Gasteiger partial charge in [0.2, 0.25) is 11.8 Å². The molecule has 1 aliphatic rings. The fourth-order valence-corrected chi connectivity index (χ4v) is 2.99. The van der Waals surface area contributed by atoms with Crippen LogP contribution >= 0.6 is 0 Å². The number of benzene rings is 1. The molecule has 0 aromatic heterocycles. The average molecular weight is 329 g/mol. The van der Waals surface area contributed by atoms with Crippen molar-refractivity contribution in [2.24, 2.45) is 11.0 Å². The Labute approximate surface area is 143 Å². The summed E-state index contributed by atoms with van der Waals surface area (Å²) in [6, 6.07) is 5.91. The van der Waals surface area contributed by atoms with Crippen molar-refractivity contribution < 1.29 is 9.59 Å². The van der Waals surface area contributed by atoms with Crippen molar-refractivity contribution >= 4 is 23.2 Å². The topological polar surface area (TPSA) is 70.6 Å². The van der Waals surface area contributed by atoms with Crippen LogP contribution in [0.4, 0.5) is 5.69 Å². The van der Waals surface area contributed by atoms with E-state index in [0.717, 1.165) is 48.2 Å². The second-order valence-corrected chi connectivity index (χ2v) is 6.50. The predicted octanol–water partition coefficient (Wildman–Crippen LogP) is 3.70. The molecule has 1 aliphatic carbocycles. The van der Waals surface area contributed by atoms with Gasteiger partial charge in [-0.3, -0.25) is 9.59 Å². The molecule has 24 heavy (non-hydrogen) atoms. The third kappa shape index (κ3) is 5.18. The summed E-state index contributed by atoms with van der Waals surface area (Å²) < 4.78 is 0. The zero-order valence-electron chi connectivity index (χ0n) is 14.8. The minimum atomic E-state index is -0.208. The molecule has 1 fully saturated rings. The SMILES string of the molecule is CCC1CCCC1=NNC(=O)CCC(=O)Nc1cc(C)ccc1C. The van der Waals surface area contributed by atoms with Crippen molar-refractivity contribution in [1.29, 1.82) is 0 Å². The van der Waals surface area contributed by atoms with E-state index in [1.165, 1.54) is 0 Å². The van der Waals surface area contributed by atoms with Crippen molar-refractivity contribution in [3.63, 3.8) is 0 Å². The second-order valence-electron chi connectivity index (χ2n) is 6.50. The molecule has 5 heteroatoms. The lowest BCUT2D eigenvalue weighted by atomic mass is 10.0. The summed E-state index contributed by atoms with van der Waals surface area (Å²) in [5.41, 5.74) is 6.59. The van der Waals surface area contributed by atoms with Crippen molar-refractivity contribution in [1.82, 2.24) is 5.43 Å². The molecular formula is C19H27N3O2. The quantitative estimate of drug-likeness (QED) is 0.781. The van der Waals surface area contributed by atoms with E-state index in [-0.39, 0.29) is 24.7 Å². The van der Waals surface area contributed by atoms with Gasteiger partial charge in [0.15, 0.2) is 0 Å². The van der Waals surface area contributed by atoms with Gasteiger partial charge in [-0.25, -0.2) is 5.43 Å². The van der Waals surface area contributed by atoms with E-state index in [2.05, 4.69) is 22.8 Å². The highest BCUT2D eigenvalue weighted by Gasteiger charge is 2.21. The number of carbonyl (C=O) groups excluding carboxylic acids is 2. The van der Waals surface area contributed by atoms with E-state index >= 15 is 0 Å². The van der Waals surface area contributed by atoms with Crippen LogP contribution in [0.3, 0.4) is 0 Å². The first-order valence-corrected chi connectivity index (χ1v) is 8.72. The summed E-state index contributed by atoms with van der Waals surface area (Å²) in [7, 11) is 0. The number of hydrogen-bond donors (Lipinski definition) is 2. The van der Waals surface area contributed by atoms with Crippen LogP contribution in [0.2, 0.25) is 0 Å². The van der Waals surface area contributed by atoms with Crippen molar-refractivity contribution in [3.8, 4) is 0 Å². The van der Waals surface area contributed by atoms with Gasteiger partial charge < -0.3 is 5.32 Å². The molecule has 1 atom stereocenters. The molecule has 1 aromatic rings. The summed E-state index contributed by atoms with van der Waals surface area (Å²) in [5, 5.41) is 7.11. The molecule has 2 amide bonds. The number of nitrogens with zero attached hydrogens (tertiary/aromatic N) is 1. The monoisotopic (exact) mass is 329 g/mol. The van der Waals surface area contributed by atoms with Gasteiger partial charge in [0.05, 0.1) is 0 Å². The number of amides is 2. The van der Waals surface area contributed by atoms with E-state index in [1.807, 2.05) is 32.0 Å². The largest absolute Gasteiger partial charge is 0.326 e.